The summed E-state index contributed by atoms with van der Waals surface area (Å²) in [5.41, 5.74) is 0.538. The molecule has 0 unspecified atom stereocenters. The van der Waals surface area contributed by atoms with Crippen LogP contribution in [0.1, 0.15) is 5.56 Å². The molecule has 0 radical (unpaired) electrons. The van der Waals surface area contributed by atoms with Gasteiger partial charge in [0, 0.05) is 17.8 Å². The fourth-order valence-corrected chi connectivity index (χ4v) is 1.62. The predicted octanol–water partition coefficient (Wildman–Crippen LogP) is 4.04. The normalized spacial score (nSPS) is 9.65. The van der Waals surface area contributed by atoms with Crippen molar-refractivity contribution < 1.29 is 9.47 Å². The number of nitrogens with one attached hydrogen (secondary N) is 1. The van der Waals surface area contributed by atoms with E-state index >= 15 is 0 Å². The fraction of sp³-hybridized carbons (Fsp3) is 0.182. The lowest BCUT2D eigenvalue weighted by Gasteiger charge is -2.10. The maximum Gasteiger partial charge on any atom is 0.146 e. The molecule has 0 aliphatic carbocycles. The van der Waals surface area contributed by atoms with E-state index in [-0.39, 0.29) is 11.1 Å². The van der Waals surface area contributed by atoms with Crippen LogP contribution in [0.25, 0.3) is 0 Å². The van der Waals surface area contributed by atoms with Crippen LogP contribution in [0, 0.1) is 5.41 Å². The second-order valence-electron chi connectivity index (χ2n) is 2.98. The van der Waals surface area contributed by atoms with Gasteiger partial charge in [-0.3, -0.25) is 0 Å². The Labute approximate surface area is 114 Å². The topological polar surface area (TPSA) is 42.3 Å². The molecular formula is C11H10Cl3NO2. The zero-order valence-electron chi connectivity index (χ0n) is 8.97. The summed E-state index contributed by atoms with van der Waals surface area (Å²) in [6, 6.07) is 3.25. The van der Waals surface area contributed by atoms with Crippen molar-refractivity contribution >= 4 is 41.0 Å². The molecule has 0 heterocycles. The smallest absolute Gasteiger partial charge is 0.146 e. The number of rotatable bonds is 5. The highest BCUT2D eigenvalue weighted by Crippen LogP contribution is 2.32. The van der Waals surface area contributed by atoms with Crippen LogP contribution >= 0.6 is 34.8 Å². The molecule has 0 atom stereocenters. The lowest BCUT2D eigenvalue weighted by molar-refractivity contribution is 0.361. The number of halogens is 3. The monoisotopic (exact) mass is 293 g/mol. The highest BCUT2D eigenvalue weighted by atomic mass is 35.5. The second kappa shape index (κ2) is 6.74. The van der Waals surface area contributed by atoms with Crippen molar-refractivity contribution in [2.45, 2.75) is 0 Å². The third kappa shape index (κ3) is 4.11. The molecule has 17 heavy (non-hydrogen) atoms. The molecule has 0 saturated heterocycles. The van der Waals surface area contributed by atoms with E-state index in [1.807, 2.05) is 0 Å². The van der Waals surface area contributed by atoms with Gasteiger partial charge in [0.05, 0.1) is 12.1 Å². The van der Waals surface area contributed by atoms with Crippen LogP contribution in [0.2, 0.25) is 5.02 Å². The van der Waals surface area contributed by atoms with Crippen LogP contribution in [0.5, 0.6) is 11.5 Å². The Kier molecular flexibility index (Phi) is 5.62. The van der Waals surface area contributed by atoms with Gasteiger partial charge in [-0.25, -0.2) is 0 Å². The maximum atomic E-state index is 7.25. The fourth-order valence-electron chi connectivity index (χ4n) is 1.20. The number of hydrogen-bond acceptors (Lipinski definition) is 3. The number of ether oxygens (including phenoxy) is 2. The first-order chi connectivity index (χ1) is 8.08. The van der Waals surface area contributed by atoms with Gasteiger partial charge in [0.15, 0.2) is 0 Å². The van der Waals surface area contributed by atoms with E-state index in [0.717, 1.165) is 6.21 Å². The molecule has 1 rings (SSSR count). The molecule has 1 aromatic rings. The van der Waals surface area contributed by atoms with Crippen molar-refractivity contribution in [3.05, 3.63) is 33.3 Å². The first kappa shape index (κ1) is 14.2. The molecular weight excluding hydrogens is 284 g/mol. The molecule has 0 aromatic heterocycles. The van der Waals surface area contributed by atoms with Crippen molar-refractivity contribution in [3.63, 3.8) is 0 Å². The van der Waals surface area contributed by atoms with Crippen molar-refractivity contribution in [2.75, 3.05) is 13.7 Å². The van der Waals surface area contributed by atoms with Gasteiger partial charge in [-0.05, 0) is 12.1 Å². The molecule has 0 saturated carbocycles. The zero-order chi connectivity index (χ0) is 12.8. The lowest BCUT2D eigenvalue weighted by Crippen LogP contribution is -1.97. The van der Waals surface area contributed by atoms with Crippen molar-refractivity contribution in [1.29, 1.82) is 5.41 Å². The number of methoxy groups -OCH3 is 1. The first-order valence-electron chi connectivity index (χ1n) is 4.60. The van der Waals surface area contributed by atoms with Gasteiger partial charge in [0.25, 0.3) is 0 Å². The van der Waals surface area contributed by atoms with Crippen LogP contribution in [-0.4, -0.2) is 19.9 Å². The van der Waals surface area contributed by atoms with E-state index in [0.29, 0.717) is 22.1 Å². The molecule has 0 spiro atoms. The molecule has 1 aromatic carbocycles. The Balaban J connectivity index is 2.92. The largest absolute Gasteiger partial charge is 0.495 e. The first-order valence-corrected chi connectivity index (χ1v) is 5.73. The zero-order valence-corrected chi connectivity index (χ0v) is 11.2. The minimum Gasteiger partial charge on any atom is -0.495 e. The van der Waals surface area contributed by atoms with E-state index in [9.17, 15) is 0 Å². The minimum atomic E-state index is 0.136. The Morgan fingerprint density at radius 1 is 1.41 bits per heavy atom. The van der Waals surface area contributed by atoms with Crippen molar-refractivity contribution in [3.8, 4) is 11.5 Å². The Hall–Kier alpha value is -0.900. The molecule has 92 valence electrons. The van der Waals surface area contributed by atoms with Gasteiger partial charge >= 0.3 is 0 Å². The second-order valence-corrected chi connectivity index (χ2v) is 4.39. The van der Waals surface area contributed by atoms with Crippen LogP contribution in [0.15, 0.2) is 22.7 Å². The van der Waals surface area contributed by atoms with Gasteiger partial charge in [0.2, 0.25) is 0 Å². The summed E-state index contributed by atoms with van der Waals surface area (Å²) < 4.78 is 10.6. The molecule has 1 N–H and O–H groups in total. The summed E-state index contributed by atoms with van der Waals surface area (Å²) in [6.07, 6.45) is 2.65. The van der Waals surface area contributed by atoms with Gasteiger partial charge in [0.1, 0.15) is 22.6 Å². The van der Waals surface area contributed by atoms with Gasteiger partial charge in [-0.1, -0.05) is 34.8 Å². The summed E-state index contributed by atoms with van der Waals surface area (Å²) in [4.78, 5) is 0. The molecule has 0 aliphatic rings. The third-order valence-electron chi connectivity index (χ3n) is 1.89. The average molecular weight is 295 g/mol. The lowest BCUT2D eigenvalue weighted by atomic mass is 10.2. The van der Waals surface area contributed by atoms with Gasteiger partial charge < -0.3 is 14.9 Å². The Morgan fingerprint density at radius 3 is 2.65 bits per heavy atom. The van der Waals surface area contributed by atoms with Gasteiger partial charge in [-0.2, -0.15) is 0 Å². The molecule has 0 amide bonds. The quantitative estimate of drug-likeness (QED) is 0.833. The molecule has 0 aliphatic heterocycles. The highest BCUT2D eigenvalue weighted by molar-refractivity contribution is 6.55. The van der Waals surface area contributed by atoms with E-state index in [1.165, 1.54) is 13.2 Å². The van der Waals surface area contributed by atoms with Crippen LogP contribution < -0.4 is 9.47 Å². The Morgan fingerprint density at radius 2 is 2.12 bits per heavy atom. The summed E-state index contributed by atoms with van der Waals surface area (Å²) in [5, 5.41) is 7.63. The summed E-state index contributed by atoms with van der Waals surface area (Å²) in [5.74, 6) is 0.958. The SMILES string of the molecule is COc1c(Cl)cc(OCC=C(Cl)Cl)cc1C=N. The molecule has 6 heteroatoms. The molecule has 3 nitrogen and oxygen atoms in total. The number of benzene rings is 1. The van der Waals surface area contributed by atoms with E-state index in [1.54, 1.807) is 12.1 Å². The predicted molar refractivity (Wildman–Crippen MR) is 71.2 cm³/mol. The molecule has 0 bridgehead atoms. The molecule has 0 fully saturated rings. The van der Waals surface area contributed by atoms with E-state index in [2.05, 4.69) is 0 Å². The Bertz CT molecular complexity index is 443. The van der Waals surface area contributed by atoms with Crippen LogP contribution in [0.4, 0.5) is 0 Å². The highest BCUT2D eigenvalue weighted by Gasteiger charge is 2.09. The standard InChI is InChI=1S/C11H10Cl3NO2/c1-16-11-7(6-15)4-8(5-9(11)12)17-3-2-10(13)14/h2,4-6,15H,3H2,1H3. The van der Waals surface area contributed by atoms with E-state index in [4.69, 9.17) is 49.7 Å². The summed E-state index contributed by atoms with van der Waals surface area (Å²) >= 11 is 16.9. The summed E-state index contributed by atoms with van der Waals surface area (Å²) in [6.45, 7) is 0.225. The minimum absolute atomic E-state index is 0.136. The van der Waals surface area contributed by atoms with Gasteiger partial charge in [-0.15, -0.1) is 0 Å². The van der Waals surface area contributed by atoms with E-state index < -0.39 is 0 Å². The van der Waals surface area contributed by atoms with Crippen LogP contribution in [0.3, 0.4) is 0 Å². The van der Waals surface area contributed by atoms with Crippen LogP contribution in [-0.2, 0) is 0 Å². The summed E-state index contributed by atoms with van der Waals surface area (Å²) in [7, 11) is 1.49. The van der Waals surface area contributed by atoms with Crippen molar-refractivity contribution in [2.24, 2.45) is 0 Å². The third-order valence-corrected chi connectivity index (χ3v) is 2.48. The number of hydrogen-bond donors (Lipinski definition) is 1. The maximum absolute atomic E-state index is 7.25. The average Bonchev–Trinajstić information content (AvgIpc) is 2.27. The van der Waals surface area contributed by atoms with Crippen molar-refractivity contribution in [1.82, 2.24) is 0 Å².